The fourth-order valence-electron chi connectivity index (χ4n) is 2.88. The Bertz CT molecular complexity index is 129. The lowest BCUT2D eigenvalue weighted by Gasteiger charge is -2.45. The third-order valence-electron chi connectivity index (χ3n) is 3.35. The van der Waals surface area contributed by atoms with Gasteiger partial charge in [0.25, 0.3) is 0 Å². The molecule has 9 heavy (non-hydrogen) atoms. The summed E-state index contributed by atoms with van der Waals surface area (Å²) in [5.74, 6) is 1.03. The van der Waals surface area contributed by atoms with Crippen molar-refractivity contribution in [3.8, 4) is 0 Å². The van der Waals surface area contributed by atoms with E-state index in [2.05, 4.69) is 19.3 Å². The lowest BCUT2D eigenvalue weighted by molar-refractivity contribution is 0.0963. The van der Waals surface area contributed by atoms with E-state index >= 15 is 0 Å². The Morgan fingerprint density at radius 3 is 2.56 bits per heavy atom. The van der Waals surface area contributed by atoms with Crippen molar-refractivity contribution in [1.82, 2.24) is 5.32 Å². The lowest BCUT2D eigenvalue weighted by atomic mass is 9.66. The van der Waals surface area contributed by atoms with Crippen LogP contribution in [0.4, 0.5) is 0 Å². The SMILES string of the molecule is CNC1C2CCC1(C)C2. The smallest absolute Gasteiger partial charge is 0.0146 e. The molecule has 3 rings (SSSR count). The van der Waals surface area contributed by atoms with Gasteiger partial charge in [-0.15, -0.1) is 0 Å². The minimum absolute atomic E-state index is 0.694. The Morgan fingerprint density at radius 2 is 2.33 bits per heavy atom. The van der Waals surface area contributed by atoms with Gasteiger partial charge in [-0.05, 0) is 37.6 Å². The summed E-state index contributed by atoms with van der Waals surface area (Å²) in [6, 6.07) is 0.859. The maximum atomic E-state index is 3.40. The molecule has 2 bridgehead atoms. The van der Waals surface area contributed by atoms with E-state index in [0.717, 1.165) is 12.0 Å². The van der Waals surface area contributed by atoms with Crippen molar-refractivity contribution in [1.29, 1.82) is 0 Å². The molecule has 1 heteroatoms. The van der Waals surface area contributed by atoms with E-state index in [1.807, 2.05) is 0 Å². The molecule has 0 amide bonds. The molecule has 0 spiro atoms. The molecule has 3 atom stereocenters. The van der Waals surface area contributed by atoms with Crippen molar-refractivity contribution in [2.75, 3.05) is 7.05 Å². The quantitative estimate of drug-likeness (QED) is 0.558. The highest BCUT2D eigenvalue weighted by Crippen LogP contribution is 2.58. The topological polar surface area (TPSA) is 12.0 Å². The highest BCUT2D eigenvalue weighted by atomic mass is 15.0. The molecule has 3 unspecified atom stereocenters. The molecule has 52 valence electrons. The molecule has 0 aliphatic heterocycles. The average molecular weight is 125 g/mol. The first kappa shape index (κ1) is 5.72. The largest absolute Gasteiger partial charge is 0.316 e. The van der Waals surface area contributed by atoms with Gasteiger partial charge in [0.2, 0.25) is 0 Å². The molecule has 0 radical (unpaired) electrons. The van der Waals surface area contributed by atoms with Crippen LogP contribution in [-0.4, -0.2) is 13.1 Å². The molecule has 0 aromatic rings. The summed E-state index contributed by atoms with van der Waals surface area (Å²) in [7, 11) is 2.10. The van der Waals surface area contributed by atoms with Crippen LogP contribution in [0.15, 0.2) is 0 Å². The van der Waals surface area contributed by atoms with Crippen molar-refractivity contribution in [3.63, 3.8) is 0 Å². The van der Waals surface area contributed by atoms with E-state index < -0.39 is 0 Å². The standard InChI is InChI=1S/C8H15N/c1-8-4-3-6(5-8)7(8)9-2/h6-7,9H,3-5H2,1-2H3. The molecular formula is C8H15N. The van der Waals surface area contributed by atoms with Crippen LogP contribution in [0.3, 0.4) is 0 Å². The molecule has 0 saturated heterocycles. The van der Waals surface area contributed by atoms with Crippen molar-refractivity contribution in [2.45, 2.75) is 32.2 Å². The third kappa shape index (κ3) is 0.536. The third-order valence-corrected chi connectivity index (χ3v) is 3.35. The summed E-state index contributed by atoms with van der Waals surface area (Å²) in [6.07, 6.45) is 4.42. The first-order valence-electron chi connectivity index (χ1n) is 3.93. The van der Waals surface area contributed by atoms with Gasteiger partial charge in [0, 0.05) is 6.04 Å². The van der Waals surface area contributed by atoms with Gasteiger partial charge in [-0.2, -0.15) is 0 Å². The second-order valence-electron chi connectivity index (χ2n) is 3.92. The lowest BCUT2D eigenvalue weighted by Crippen LogP contribution is -2.51. The predicted molar refractivity (Wildman–Crippen MR) is 38.3 cm³/mol. The molecular weight excluding hydrogens is 110 g/mol. The Morgan fingerprint density at radius 1 is 1.56 bits per heavy atom. The molecule has 0 heterocycles. The first-order valence-corrected chi connectivity index (χ1v) is 3.93. The van der Waals surface area contributed by atoms with Gasteiger partial charge in [-0.25, -0.2) is 0 Å². The van der Waals surface area contributed by atoms with Crippen molar-refractivity contribution < 1.29 is 0 Å². The van der Waals surface area contributed by atoms with Crippen LogP contribution >= 0.6 is 0 Å². The van der Waals surface area contributed by atoms with Gasteiger partial charge in [0.1, 0.15) is 0 Å². The molecule has 0 aromatic carbocycles. The van der Waals surface area contributed by atoms with Crippen LogP contribution in [0.2, 0.25) is 0 Å². The number of nitrogens with one attached hydrogen (secondary N) is 1. The average Bonchev–Trinajstić information content (AvgIpc) is 2.24. The fourth-order valence-corrected chi connectivity index (χ4v) is 2.88. The Balaban J connectivity index is 2.13. The van der Waals surface area contributed by atoms with Crippen molar-refractivity contribution in [2.24, 2.45) is 11.3 Å². The van der Waals surface area contributed by atoms with E-state index in [4.69, 9.17) is 0 Å². The van der Waals surface area contributed by atoms with Crippen LogP contribution in [0.1, 0.15) is 26.2 Å². The van der Waals surface area contributed by atoms with Gasteiger partial charge in [0.05, 0.1) is 0 Å². The summed E-state index contributed by atoms with van der Waals surface area (Å²) in [6.45, 7) is 2.41. The second kappa shape index (κ2) is 1.51. The van der Waals surface area contributed by atoms with Gasteiger partial charge < -0.3 is 5.32 Å². The van der Waals surface area contributed by atoms with Crippen molar-refractivity contribution >= 4 is 0 Å². The molecule has 3 saturated carbocycles. The highest BCUT2D eigenvalue weighted by molar-refractivity contribution is 5.09. The molecule has 1 N–H and O–H groups in total. The second-order valence-corrected chi connectivity index (χ2v) is 3.92. The number of rotatable bonds is 1. The Labute approximate surface area is 56.8 Å². The van der Waals surface area contributed by atoms with Gasteiger partial charge in [0.15, 0.2) is 0 Å². The normalized spacial score (nSPS) is 55.3. The fraction of sp³-hybridized carbons (Fsp3) is 1.00. The zero-order chi connectivity index (χ0) is 6.48. The minimum Gasteiger partial charge on any atom is -0.316 e. The zero-order valence-corrected chi connectivity index (χ0v) is 6.28. The van der Waals surface area contributed by atoms with Gasteiger partial charge >= 0.3 is 0 Å². The molecule has 3 aliphatic rings. The monoisotopic (exact) mass is 125 g/mol. The summed E-state index contributed by atoms with van der Waals surface area (Å²) in [5, 5.41) is 3.40. The van der Waals surface area contributed by atoms with Gasteiger partial charge in [-0.3, -0.25) is 0 Å². The summed E-state index contributed by atoms with van der Waals surface area (Å²) in [4.78, 5) is 0. The Hall–Kier alpha value is -0.0400. The minimum atomic E-state index is 0.694. The highest BCUT2D eigenvalue weighted by Gasteiger charge is 2.54. The molecule has 3 fully saturated rings. The van der Waals surface area contributed by atoms with Gasteiger partial charge in [-0.1, -0.05) is 6.92 Å². The van der Waals surface area contributed by atoms with Crippen LogP contribution in [0, 0.1) is 11.3 Å². The van der Waals surface area contributed by atoms with Crippen LogP contribution < -0.4 is 5.32 Å². The number of hydrogen-bond donors (Lipinski definition) is 1. The number of fused-ring (bicyclic) bond motifs is 1. The summed E-state index contributed by atoms with van der Waals surface area (Å²) in [5.41, 5.74) is 0.694. The summed E-state index contributed by atoms with van der Waals surface area (Å²) >= 11 is 0. The maximum Gasteiger partial charge on any atom is 0.0146 e. The Kier molecular flexibility index (Phi) is 0.963. The van der Waals surface area contributed by atoms with Crippen molar-refractivity contribution in [3.05, 3.63) is 0 Å². The van der Waals surface area contributed by atoms with E-state index in [1.54, 1.807) is 0 Å². The van der Waals surface area contributed by atoms with Crippen LogP contribution in [-0.2, 0) is 0 Å². The zero-order valence-electron chi connectivity index (χ0n) is 6.28. The summed E-state index contributed by atoms with van der Waals surface area (Å²) < 4.78 is 0. The van der Waals surface area contributed by atoms with E-state index in [-0.39, 0.29) is 0 Å². The molecule has 1 nitrogen and oxygen atoms in total. The number of hydrogen-bond acceptors (Lipinski definition) is 1. The van der Waals surface area contributed by atoms with E-state index in [0.29, 0.717) is 5.41 Å². The molecule has 3 aliphatic carbocycles. The van der Waals surface area contributed by atoms with E-state index in [9.17, 15) is 0 Å². The first-order chi connectivity index (χ1) is 4.26. The van der Waals surface area contributed by atoms with Crippen LogP contribution in [0.5, 0.6) is 0 Å². The predicted octanol–water partition coefficient (Wildman–Crippen LogP) is 1.39. The maximum absolute atomic E-state index is 3.40. The van der Waals surface area contributed by atoms with Crippen LogP contribution in [0.25, 0.3) is 0 Å². The molecule has 0 aromatic heterocycles. The van der Waals surface area contributed by atoms with E-state index in [1.165, 1.54) is 19.3 Å².